The molecule has 124 valence electrons. The molecule has 2 saturated heterocycles. The molecule has 2 aliphatic heterocycles. The molecule has 3 fully saturated rings. The van der Waals surface area contributed by atoms with Gasteiger partial charge in [-0.3, -0.25) is 4.79 Å². The van der Waals surface area contributed by atoms with E-state index in [1.807, 2.05) is 0 Å². The molecule has 0 spiro atoms. The quantitative estimate of drug-likeness (QED) is 0.904. The Morgan fingerprint density at radius 1 is 1.22 bits per heavy atom. The normalized spacial score (nSPS) is 30.9. The van der Waals surface area contributed by atoms with Crippen molar-refractivity contribution >= 4 is 5.91 Å². The number of carbonyl (C=O) groups is 1. The van der Waals surface area contributed by atoms with Gasteiger partial charge in [0.15, 0.2) is 0 Å². The monoisotopic (exact) mass is 314 g/mol. The maximum atomic E-state index is 12.2. The summed E-state index contributed by atoms with van der Waals surface area (Å²) in [5, 5.41) is 3.09. The molecular weight excluding hydrogens is 288 g/mol. The Bertz CT molecular complexity index is 544. The number of carbonyl (C=O) groups excluding carboxylic acids is 1. The van der Waals surface area contributed by atoms with Crippen LogP contribution in [0.2, 0.25) is 0 Å². The number of hydrogen-bond acceptors (Lipinski definition) is 3. The molecule has 1 aromatic rings. The molecule has 23 heavy (non-hydrogen) atoms. The van der Waals surface area contributed by atoms with Crippen molar-refractivity contribution in [1.82, 2.24) is 10.2 Å². The van der Waals surface area contributed by atoms with Crippen LogP contribution in [-0.4, -0.2) is 48.7 Å². The summed E-state index contributed by atoms with van der Waals surface area (Å²) in [5.74, 6) is 0.690. The third kappa shape index (κ3) is 3.75. The van der Waals surface area contributed by atoms with Gasteiger partial charge in [-0.25, -0.2) is 0 Å². The van der Waals surface area contributed by atoms with Gasteiger partial charge in [0.05, 0.1) is 6.10 Å². The van der Waals surface area contributed by atoms with Crippen molar-refractivity contribution < 1.29 is 9.53 Å². The van der Waals surface area contributed by atoms with Gasteiger partial charge in [-0.1, -0.05) is 30.3 Å². The number of ether oxygens (including phenoxy) is 1. The molecule has 1 amide bonds. The maximum absolute atomic E-state index is 12.2. The number of nitrogens with one attached hydrogen (secondary N) is 1. The first-order chi connectivity index (χ1) is 11.3. The number of benzene rings is 1. The van der Waals surface area contributed by atoms with E-state index in [4.69, 9.17) is 4.74 Å². The van der Waals surface area contributed by atoms with Crippen molar-refractivity contribution in [1.29, 1.82) is 0 Å². The smallest absolute Gasteiger partial charge is 0.249 e. The van der Waals surface area contributed by atoms with Crippen LogP contribution < -0.4 is 5.32 Å². The Hall–Kier alpha value is -1.39. The van der Waals surface area contributed by atoms with E-state index in [0.29, 0.717) is 12.0 Å². The molecule has 1 N–H and O–H groups in total. The van der Waals surface area contributed by atoms with Gasteiger partial charge in [0.1, 0.15) is 6.10 Å². The summed E-state index contributed by atoms with van der Waals surface area (Å²) < 4.78 is 6.08. The van der Waals surface area contributed by atoms with Gasteiger partial charge < -0.3 is 15.0 Å². The Labute approximate surface area is 138 Å². The van der Waals surface area contributed by atoms with Gasteiger partial charge in [-0.05, 0) is 50.1 Å². The van der Waals surface area contributed by atoms with E-state index in [1.54, 1.807) is 0 Å². The molecule has 1 aliphatic carbocycles. The SMILES string of the molecule is O=C(NC1CC1)[C@@H]1C[C@H]2CCN(CCc3ccccc3)C[C@@H]2O1. The summed E-state index contributed by atoms with van der Waals surface area (Å²) in [7, 11) is 0. The van der Waals surface area contributed by atoms with Crippen molar-refractivity contribution in [2.24, 2.45) is 5.92 Å². The predicted molar refractivity (Wildman–Crippen MR) is 89.1 cm³/mol. The molecule has 4 nitrogen and oxygen atoms in total. The van der Waals surface area contributed by atoms with E-state index in [0.717, 1.165) is 51.7 Å². The molecule has 2 heterocycles. The van der Waals surface area contributed by atoms with Gasteiger partial charge in [0, 0.05) is 19.1 Å². The van der Waals surface area contributed by atoms with Gasteiger partial charge in [0.25, 0.3) is 0 Å². The van der Waals surface area contributed by atoms with Crippen molar-refractivity contribution in [3.63, 3.8) is 0 Å². The van der Waals surface area contributed by atoms with Crippen molar-refractivity contribution in [3.05, 3.63) is 35.9 Å². The van der Waals surface area contributed by atoms with E-state index in [1.165, 1.54) is 5.56 Å². The molecule has 0 aromatic heterocycles. The van der Waals surface area contributed by atoms with Crippen LogP contribution in [0.5, 0.6) is 0 Å². The van der Waals surface area contributed by atoms with Crippen LogP contribution >= 0.6 is 0 Å². The minimum atomic E-state index is -0.209. The van der Waals surface area contributed by atoms with E-state index in [-0.39, 0.29) is 18.1 Å². The zero-order chi connectivity index (χ0) is 15.6. The molecule has 4 heteroatoms. The molecule has 3 atom stereocenters. The van der Waals surface area contributed by atoms with Gasteiger partial charge >= 0.3 is 0 Å². The topological polar surface area (TPSA) is 41.6 Å². The molecule has 1 aromatic carbocycles. The van der Waals surface area contributed by atoms with Crippen LogP contribution in [0.4, 0.5) is 0 Å². The lowest BCUT2D eigenvalue weighted by atomic mass is 9.91. The second-order valence-electron chi connectivity index (χ2n) is 7.27. The number of fused-ring (bicyclic) bond motifs is 1. The van der Waals surface area contributed by atoms with E-state index >= 15 is 0 Å². The fourth-order valence-electron chi connectivity index (χ4n) is 3.82. The minimum Gasteiger partial charge on any atom is -0.364 e. The minimum absolute atomic E-state index is 0.123. The average Bonchev–Trinajstić information content (AvgIpc) is 3.29. The van der Waals surface area contributed by atoms with Crippen molar-refractivity contribution in [2.45, 2.75) is 50.4 Å². The van der Waals surface area contributed by atoms with Crippen LogP contribution in [0, 0.1) is 5.92 Å². The molecule has 4 rings (SSSR count). The van der Waals surface area contributed by atoms with Crippen LogP contribution in [0.3, 0.4) is 0 Å². The zero-order valence-corrected chi connectivity index (χ0v) is 13.6. The van der Waals surface area contributed by atoms with Crippen LogP contribution in [0.15, 0.2) is 30.3 Å². The van der Waals surface area contributed by atoms with Crippen LogP contribution in [-0.2, 0) is 16.0 Å². The van der Waals surface area contributed by atoms with E-state index in [2.05, 4.69) is 40.5 Å². The largest absolute Gasteiger partial charge is 0.364 e. The number of amides is 1. The standard InChI is InChI=1S/C19H26N2O2/c22-19(20-16-6-7-16)17-12-15-9-11-21(13-18(15)23-17)10-8-14-4-2-1-3-5-14/h1-5,15-18H,6-13H2,(H,20,22)/t15-,17+,18+/m1/s1. The number of rotatable bonds is 5. The molecule has 0 bridgehead atoms. The third-order valence-electron chi connectivity index (χ3n) is 5.41. The molecule has 0 unspecified atom stereocenters. The predicted octanol–water partition coefficient (Wildman–Crippen LogP) is 1.99. The Kier molecular flexibility index (Phi) is 4.36. The first-order valence-corrected chi connectivity index (χ1v) is 9.00. The maximum Gasteiger partial charge on any atom is 0.249 e. The fraction of sp³-hybridized carbons (Fsp3) is 0.632. The molecule has 3 aliphatic rings. The molecular formula is C19H26N2O2. The van der Waals surface area contributed by atoms with Crippen molar-refractivity contribution in [2.75, 3.05) is 19.6 Å². The second kappa shape index (κ2) is 6.62. The number of hydrogen-bond donors (Lipinski definition) is 1. The lowest BCUT2D eigenvalue weighted by molar-refractivity contribution is -0.133. The zero-order valence-electron chi connectivity index (χ0n) is 13.6. The van der Waals surface area contributed by atoms with Gasteiger partial charge in [0.2, 0.25) is 5.91 Å². The Morgan fingerprint density at radius 3 is 2.83 bits per heavy atom. The fourth-order valence-corrected chi connectivity index (χ4v) is 3.82. The summed E-state index contributed by atoms with van der Waals surface area (Å²) in [5.41, 5.74) is 1.39. The summed E-state index contributed by atoms with van der Waals surface area (Å²) in [6.07, 6.45) is 5.47. The highest BCUT2D eigenvalue weighted by atomic mass is 16.5. The average molecular weight is 314 g/mol. The highest BCUT2D eigenvalue weighted by molar-refractivity contribution is 5.81. The van der Waals surface area contributed by atoms with Crippen LogP contribution in [0.1, 0.15) is 31.2 Å². The van der Waals surface area contributed by atoms with E-state index in [9.17, 15) is 4.79 Å². The number of likely N-dealkylation sites (tertiary alicyclic amines) is 1. The van der Waals surface area contributed by atoms with E-state index < -0.39 is 0 Å². The second-order valence-corrected chi connectivity index (χ2v) is 7.27. The summed E-state index contributed by atoms with van der Waals surface area (Å²) >= 11 is 0. The molecule has 0 radical (unpaired) electrons. The first-order valence-electron chi connectivity index (χ1n) is 9.00. The Morgan fingerprint density at radius 2 is 2.04 bits per heavy atom. The number of nitrogens with zero attached hydrogens (tertiary/aromatic N) is 1. The summed E-state index contributed by atoms with van der Waals surface area (Å²) in [4.78, 5) is 14.7. The van der Waals surface area contributed by atoms with Crippen molar-refractivity contribution in [3.8, 4) is 0 Å². The van der Waals surface area contributed by atoms with Gasteiger partial charge in [-0.2, -0.15) is 0 Å². The highest BCUT2D eigenvalue weighted by Gasteiger charge is 2.42. The lowest BCUT2D eigenvalue weighted by Crippen LogP contribution is -2.43. The summed E-state index contributed by atoms with van der Waals surface area (Å²) in [6.45, 7) is 3.19. The first kappa shape index (κ1) is 15.2. The highest BCUT2D eigenvalue weighted by Crippen LogP contribution is 2.33. The molecule has 1 saturated carbocycles. The number of piperidine rings is 1. The Balaban J connectivity index is 1.26. The van der Waals surface area contributed by atoms with Crippen LogP contribution in [0.25, 0.3) is 0 Å². The van der Waals surface area contributed by atoms with Gasteiger partial charge in [-0.15, -0.1) is 0 Å². The third-order valence-corrected chi connectivity index (χ3v) is 5.41. The lowest BCUT2D eigenvalue weighted by Gasteiger charge is -2.34. The summed E-state index contributed by atoms with van der Waals surface area (Å²) in [6, 6.07) is 11.1.